The zero-order valence-electron chi connectivity index (χ0n) is 19.3. The summed E-state index contributed by atoms with van der Waals surface area (Å²) in [6, 6.07) is 24.0. The van der Waals surface area contributed by atoms with Crippen LogP contribution in [0.15, 0.2) is 84.9 Å². The first kappa shape index (κ1) is 25.3. The summed E-state index contributed by atoms with van der Waals surface area (Å²) in [4.78, 5) is 25.1. The van der Waals surface area contributed by atoms with Gasteiger partial charge in [0, 0.05) is 5.25 Å². The summed E-state index contributed by atoms with van der Waals surface area (Å²) >= 11 is 1.33. The number of benzene rings is 3. The lowest BCUT2D eigenvalue weighted by Gasteiger charge is -2.21. The Balaban J connectivity index is 1.43. The minimum atomic E-state index is -1.43. The van der Waals surface area contributed by atoms with E-state index in [1.165, 1.54) is 11.8 Å². The zero-order valence-corrected chi connectivity index (χ0v) is 20.1. The number of halogens is 1. The van der Waals surface area contributed by atoms with E-state index in [2.05, 4.69) is 0 Å². The van der Waals surface area contributed by atoms with Gasteiger partial charge in [-0.3, -0.25) is 0 Å². The number of aryl methyl sites for hydroxylation is 1. The Bertz CT molecular complexity index is 1200. The van der Waals surface area contributed by atoms with E-state index in [0.29, 0.717) is 29.7 Å². The number of esters is 2. The number of rotatable bonds is 9. The van der Waals surface area contributed by atoms with Crippen molar-refractivity contribution in [2.75, 3.05) is 6.61 Å². The molecule has 36 heavy (non-hydrogen) atoms. The molecule has 0 bridgehead atoms. The first-order valence-corrected chi connectivity index (χ1v) is 12.4. The van der Waals surface area contributed by atoms with Gasteiger partial charge in [-0.1, -0.05) is 48.5 Å². The maximum atomic E-state index is 15.6. The minimum absolute atomic E-state index is 0.0811. The van der Waals surface area contributed by atoms with Crippen LogP contribution < -0.4 is 4.74 Å². The number of hydrogen-bond donors (Lipinski definition) is 0. The molecule has 0 aliphatic carbocycles. The van der Waals surface area contributed by atoms with Gasteiger partial charge < -0.3 is 14.2 Å². The van der Waals surface area contributed by atoms with Gasteiger partial charge in [-0.05, 0) is 54.8 Å². The standard InChI is InChI=1S/C28H24FNO5S/c29-25-23(16-13-19-11-14-22(15-12-19)34-18-30)36-24(17-33-27(31)20-7-3-1-4-8-20)26(25)35-28(32)21-9-5-2-6-10-21/h1-12,14-15,23-26H,13,16-17H2/t23-,24-,25-,26-/m1/s1. The third-order valence-electron chi connectivity index (χ3n) is 5.83. The fourth-order valence-electron chi connectivity index (χ4n) is 3.96. The lowest BCUT2D eigenvalue weighted by Crippen LogP contribution is -2.36. The molecule has 3 aromatic carbocycles. The molecule has 0 radical (unpaired) electrons. The van der Waals surface area contributed by atoms with Crippen molar-refractivity contribution in [3.05, 3.63) is 102 Å². The van der Waals surface area contributed by atoms with Gasteiger partial charge in [0.2, 0.25) is 0 Å². The van der Waals surface area contributed by atoms with Crippen LogP contribution in [0.5, 0.6) is 5.75 Å². The Morgan fingerprint density at radius 3 is 2.08 bits per heavy atom. The Hall–Kier alpha value is -3.83. The summed E-state index contributed by atoms with van der Waals surface area (Å²) in [6.07, 6.45) is 0.220. The van der Waals surface area contributed by atoms with Gasteiger partial charge in [0.1, 0.15) is 24.6 Å². The van der Waals surface area contributed by atoms with Crippen molar-refractivity contribution >= 4 is 23.7 Å². The molecule has 0 unspecified atom stereocenters. The molecule has 0 spiro atoms. The quantitative estimate of drug-likeness (QED) is 0.285. The van der Waals surface area contributed by atoms with Crippen LogP contribution in [0.1, 0.15) is 32.7 Å². The van der Waals surface area contributed by atoms with Gasteiger partial charge in [0.25, 0.3) is 6.26 Å². The van der Waals surface area contributed by atoms with Crippen LogP contribution in [0.4, 0.5) is 4.39 Å². The van der Waals surface area contributed by atoms with Gasteiger partial charge in [-0.25, -0.2) is 14.0 Å². The molecule has 1 saturated heterocycles. The van der Waals surface area contributed by atoms with Crippen molar-refractivity contribution < 1.29 is 28.2 Å². The molecule has 1 aliphatic heterocycles. The van der Waals surface area contributed by atoms with Gasteiger partial charge in [-0.2, -0.15) is 0 Å². The maximum absolute atomic E-state index is 15.6. The van der Waals surface area contributed by atoms with Crippen LogP contribution in [0.2, 0.25) is 0 Å². The van der Waals surface area contributed by atoms with Crippen LogP contribution in [0.25, 0.3) is 0 Å². The number of carbonyl (C=O) groups is 2. The minimum Gasteiger partial charge on any atom is -0.461 e. The van der Waals surface area contributed by atoms with Crippen molar-refractivity contribution in [3.63, 3.8) is 0 Å². The van der Waals surface area contributed by atoms with E-state index in [1.54, 1.807) is 79.1 Å². The maximum Gasteiger partial charge on any atom is 0.338 e. The van der Waals surface area contributed by atoms with Crippen molar-refractivity contribution in [2.24, 2.45) is 0 Å². The van der Waals surface area contributed by atoms with Crippen molar-refractivity contribution in [2.45, 2.75) is 35.6 Å². The summed E-state index contributed by atoms with van der Waals surface area (Å²) in [5, 5.41) is 7.61. The highest BCUT2D eigenvalue weighted by atomic mass is 32.2. The number of hydrogen-bond acceptors (Lipinski definition) is 7. The summed E-state index contributed by atoms with van der Waals surface area (Å²) < 4.78 is 31.5. The van der Waals surface area contributed by atoms with Gasteiger partial charge in [0.05, 0.1) is 16.4 Å². The molecular weight excluding hydrogens is 481 g/mol. The van der Waals surface area contributed by atoms with Crippen molar-refractivity contribution in [1.29, 1.82) is 5.26 Å². The molecule has 4 atom stereocenters. The van der Waals surface area contributed by atoms with Crippen LogP contribution in [-0.2, 0) is 15.9 Å². The SMILES string of the molecule is N#COc1ccc(CC[C@H]2S[C@H](COC(=O)c3ccccc3)[C@@H](OC(=O)c3ccccc3)[C@@H]2F)cc1. The van der Waals surface area contributed by atoms with Crippen LogP contribution >= 0.6 is 11.8 Å². The smallest absolute Gasteiger partial charge is 0.338 e. The average molecular weight is 506 g/mol. The van der Waals surface area contributed by atoms with Crippen LogP contribution in [0.3, 0.4) is 0 Å². The Morgan fingerprint density at radius 1 is 0.861 bits per heavy atom. The van der Waals surface area contributed by atoms with E-state index >= 15 is 4.39 Å². The van der Waals surface area contributed by atoms with E-state index in [4.69, 9.17) is 19.5 Å². The predicted molar refractivity (Wildman–Crippen MR) is 133 cm³/mol. The number of nitriles is 1. The highest BCUT2D eigenvalue weighted by molar-refractivity contribution is 8.00. The van der Waals surface area contributed by atoms with Crippen LogP contribution in [-0.4, -0.2) is 41.3 Å². The molecule has 6 nitrogen and oxygen atoms in total. The van der Waals surface area contributed by atoms with E-state index in [9.17, 15) is 9.59 Å². The van der Waals surface area contributed by atoms with E-state index < -0.39 is 34.7 Å². The van der Waals surface area contributed by atoms with Gasteiger partial charge in [-0.15, -0.1) is 17.0 Å². The summed E-state index contributed by atoms with van der Waals surface area (Å²) in [5.74, 6) is -0.687. The first-order chi connectivity index (χ1) is 17.5. The molecule has 0 amide bonds. The number of thioether (sulfide) groups is 1. The van der Waals surface area contributed by atoms with E-state index in [-0.39, 0.29) is 6.61 Å². The first-order valence-electron chi connectivity index (χ1n) is 11.5. The third kappa shape index (κ3) is 6.43. The Morgan fingerprint density at radius 2 is 1.47 bits per heavy atom. The Labute approximate surface area is 213 Å². The second-order valence-electron chi connectivity index (χ2n) is 8.23. The normalized spacial score (nSPS) is 20.8. The average Bonchev–Trinajstić information content (AvgIpc) is 3.21. The molecule has 3 aromatic rings. The number of alkyl halides is 1. The predicted octanol–water partition coefficient (Wildman–Crippen LogP) is 5.38. The van der Waals surface area contributed by atoms with Gasteiger partial charge in [0.15, 0.2) is 0 Å². The summed E-state index contributed by atoms with van der Waals surface area (Å²) in [5.41, 5.74) is 1.69. The van der Waals surface area contributed by atoms with E-state index in [0.717, 1.165) is 5.56 Å². The Kier molecular flexibility index (Phi) is 8.58. The van der Waals surface area contributed by atoms with Crippen LogP contribution in [0, 0.1) is 11.5 Å². The second kappa shape index (κ2) is 12.2. The highest BCUT2D eigenvalue weighted by Crippen LogP contribution is 2.41. The summed E-state index contributed by atoms with van der Waals surface area (Å²) in [7, 11) is 0. The molecule has 184 valence electrons. The number of ether oxygens (including phenoxy) is 3. The molecule has 1 heterocycles. The lowest BCUT2D eigenvalue weighted by molar-refractivity contribution is 0.00127. The largest absolute Gasteiger partial charge is 0.461 e. The molecule has 0 saturated carbocycles. The topological polar surface area (TPSA) is 85.6 Å². The van der Waals surface area contributed by atoms with Crippen molar-refractivity contribution in [3.8, 4) is 12.0 Å². The monoisotopic (exact) mass is 505 g/mol. The van der Waals surface area contributed by atoms with E-state index in [1.807, 2.05) is 12.1 Å². The van der Waals surface area contributed by atoms with Crippen molar-refractivity contribution in [1.82, 2.24) is 0 Å². The molecule has 4 rings (SSSR count). The lowest BCUT2D eigenvalue weighted by atomic mass is 10.0. The molecule has 1 aliphatic rings. The number of nitrogens with zero attached hydrogens (tertiary/aromatic N) is 1. The fraction of sp³-hybridized carbons (Fsp3) is 0.250. The third-order valence-corrected chi connectivity index (χ3v) is 7.43. The molecular formula is C28H24FNO5S. The zero-order chi connectivity index (χ0) is 25.3. The highest BCUT2D eigenvalue weighted by Gasteiger charge is 2.47. The molecule has 0 N–H and O–H groups in total. The van der Waals surface area contributed by atoms with Gasteiger partial charge >= 0.3 is 11.9 Å². The summed E-state index contributed by atoms with van der Waals surface area (Å²) in [6.45, 7) is -0.0811. The number of carbonyl (C=O) groups excluding carboxylic acids is 2. The molecule has 8 heteroatoms. The second-order valence-corrected chi connectivity index (χ2v) is 9.72. The fourth-order valence-corrected chi connectivity index (χ4v) is 5.48. The molecule has 0 aromatic heterocycles. The molecule has 1 fully saturated rings.